The summed E-state index contributed by atoms with van der Waals surface area (Å²) in [5, 5.41) is 0.539. The van der Waals surface area contributed by atoms with Crippen LogP contribution in [0.1, 0.15) is 28.4 Å². The largest absolute Gasteiger partial charge is 0.307 e. The SMILES string of the molecule is Cc1ccccc1C(=O)/C=C1\SCC(=O)N1CC(=O)N1c2ccccc2C[C@@H]1C. The van der Waals surface area contributed by atoms with Crippen LogP contribution in [0, 0.1) is 6.92 Å². The quantitative estimate of drug-likeness (QED) is 0.575. The van der Waals surface area contributed by atoms with Crippen molar-refractivity contribution in [2.75, 3.05) is 17.2 Å². The molecule has 1 saturated heterocycles. The fourth-order valence-electron chi connectivity index (χ4n) is 3.90. The molecule has 0 radical (unpaired) electrons. The fraction of sp³-hybridized carbons (Fsp3) is 0.261. The first-order valence-corrected chi connectivity index (χ1v) is 10.6. The maximum Gasteiger partial charge on any atom is 0.247 e. The van der Waals surface area contributed by atoms with Crippen molar-refractivity contribution >= 4 is 35.0 Å². The van der Waals surface area contributed by atoms with E-state index >= 15 is 0 Å². The second-order valence-electron chi connectivity index (χ2n) is 7.38. The molecule has 2 heterocycles. The number of anilines is 1. The van der Waals surface area contributed by atoms with Crippen LogP contribution in [-0.2, 0) is 16.0 Å². The summed E-state index contributed by atoms with van der Waals surface area (Å²) in [6.45, 7) is 3.83. The Hall–Kier alpha value is -2.86. The minimum atomic E-state index is -0.155. The molecule has 1 atom stereocenters. The second-order valence-corrected chi connectivity index (χ2v) is 8.37. The summed E-state index contributed by atoms with van der Waals surface area (Å²) >= 11 is 1.30. The molecule has 0 saturated carbocycles. The van der Waals surface area contributed by atoms with Crippen molar-refractivity contribution in [1.29, 1.82) is 0 Å². The summed E-state index contributed by atoms with van der Waals surface area (Å²) in [4.78, 5) is 41.4. The van der Waals surface area contributed by atoms with Gasteiger partial charge in [0.05, 0.1) is 10.8 Å². The van der Waals surface area contributed by atoms with Gasteiger partial charge in [0.1, 0.15) is 6.54 Å². The van der Waals surface area contributed by atoms with Crippen molar-refractivity contribution in [2.45, 2.75) is 26.3 Å². The van der Waals surface area contributed by atoms with E-state index in [1.165, 1.54) is 22.7 Å². The van der Waals surface area contributed by atoms with Crippen LogP contribution in [0.25, 0.3) is 0 Å². The monoisotopic (exact) mass is 406 g/mol. The number of nitrogens with zero attached hydrogens (tertiary/aromatic N) is 2. The average Bonchev–Trinajstić information content (AvgIpc) is 3.21. The van der Waals surface area contributed by atoms with Crippen LogP contribution >= 0.6 is 11.8 Å². The van der Waals surface area contributed by atoms with Gasteiger partial charge in [0.2, 0.25) is 11.8 Å². The first-order chi connectivity index (χ1) is 14.0. The minimum Gasteiger partial charge on any atom is -0.307 e. The second kappa shape index (κ2) is 7.87. The standard InChI is InChI=1S/C23H22N2O3S/c1-15-7-3-5-9-18(15)20(26)12-23-24(22(28)14-29-23)13-21(27)25-16(2)11-17-8-4-6-10-19(17)25/h3-10,12,16H,11,13-14H2,1-2H3/b23-12-/t16-/m0/s1. The topological polar surface area (TPSA) is 57.7 Å². The van der Waals surface area contributed by atoms with E-state index < -0.39 is 0 Å². The Morgan fingerprint density at radius 1 is 1.14 bits per heavy atom. The minimum absolute atomic E-state index is 0.0475. The Morgan fingerprint density at radius 2 is 1.86 bits per heavy atom. The molecule has 2 aromatic rings. The molecule has 6 heteroatoms. The molecule has 0 aliphatic carbocycles. The van der Waals surface area contributed by atoms with E-state index in [0.29, 0.717) is 10.6 Å². The zero-order valence-corrected chi connectivity index (χ0v) is 17.2. The van der Waals surface area contributed by atoms with Gasteiger partial charge in [-0.3, -0.25) is 19.3 Å². The van der Waals surface area contributed by atoms with Crippen molar-refractivity contribution in [1.82, 2.24) is 4.90 Å². The van der Waals surface area contributed by atoms with Gasteiger partial charge in [-0.1, -0.05) is 54.2 Å². The van der Waals surface area contributed by atoms with Crippen LogP contribution in [-0.4, -0.2) is 40.8 Å². The molecule has 148 valence electrons. The number of aryl methyl sites for hydroxylation is 1. The van der Waals surface area contributed by atoms with E-state index in [2.05, 4.69) is 0 Å². The molecule has 4 rings (SSSR count). The molecule has 0 spiro atoms. The summed E-state index contributed by atoms with van der Waals surface area (Å²) in [5.74, 6) is -0.191. The Labute approximate surface area is 174 Å². The van der Waals surface area contributed by atoms with Crippen molar-refractivity contribution in [3.05, 3.63) is 76.3 Å². The lowest BCUT2D eigenvalue weighted by atomic mass is 10.1. The smallest absolute Gasteiger partial charge is 0.247 e. The number of carbonyl (C=O) groups is 3. The molecule has 0 unspecified atom stereocenters. The van der Waals surface area contributed by atoms with Crippen molar-refractivity contribution < 1.29 is 14.4 Å². The molecule has 29 heavy (non-hydrogen) atoms. The molecular weight excluding hydrogens is 384 g/mol. The summed E-state index contributed by atoms with van der Waals surface area (Å²) in [6.07, 6.45) is 2.28. The van der Waals surface area contributed by atoms with Crippen LogP contribution in [0.5, 0.6) is 0 Å². The zero-order valence-electron chi connectivity index (χ0n) is 16.4. The van der Waals surface area contributed by atoms with E-state index in [0.717, 1.165) is 23.2 Å². The van der Waals surface area contributed by atoms with Crippen molar-refractivity contribution in [3.63, 3.8) is 0 Å². The molecular formula is C23H22N2O3S. The Kier molecular flexibility index (Phi) is 5.28. The van der Waals surface area contributed by atoms with Crippen LogP contribution in [0.3, 0.4) is 0 Å². The predicted molar refractivity (Wildman–Crippen MR) is 115 cm³/mol. The van der Waals surface area contributed by atoms with Crippen LogP contribution in [0.15, 0.2) is 59.6 Å². The van der Waals surface area contributed by atoms with Gasteiger partial charge < -0.3 is 4.90 Å². The van der Waals surface area contributed by atoms with E-state index in [9.17, 15) is 14.4 Å². The first-order valence-electron chi connectivity index (χ1n) is 9.60. The number of benzene rings is 2. The molecule has 0 N–H and O–H groups in total. The van der Waals surface area contributed by atoms with Gasteiger partial charge in [-0.05, 0) is 37.5 Å². The number of carbonyl (C=O) groups excluding carboxylic acids is 3. The third kappa shape index (κ3) is 3.72. The highest BCUT2D eigenvalue weighted by Crippen LogP contribution is 2.34. The number of fused-ring (bicyclic) bond motifs is 1. The summed E-state index contributed by atoms with van der Waals surface area (Å²) < 4.78 is 0. The number of rotatable bonds is 4. The summed E-state index contributed by atoms with van der Waals surface area (Å²) in [7, 11) is 0. The van der Waals surface area contributed by atoms with Gasteiger partial charge in [0, 0.05) is 23.4 Å². The molecule has 1 fully saturated rings. The third-order valence-electron chi connectivity index (χ3n) is 5.35. The number of hydrogen-bond acceptors (Lipinski definition) is 4. The lowest BCUT2D eigenvalue weighted by Crippen LogP contribution is -2.43. The van der Waals surface area contributed by atoms with Gasteiger partial charge in [0.15, 0.2) is 5.78 Å². The normalized spacial score (nSPS) is 19.7. The van der Waals surface area contributed by atoms with E-state index in [4.69, 9.17) is 0 Å². The number of amides is 2. The molecule has 5 nitrogen and oxygen atoms in total. The molecule has 0 aromatic heterocycles. The number of ketones is 1. The van der Waals surface area contributed by atoms with Crippen molar-refractivity contribution in [3.8, 4) is 0 Å². The van der Waals surface area contributed by atoms with E-state index in [1.54, 1.807) is 11.0 Å². The van der Waals surface area contributed by atoms with Crippen LogP contribution in [0.2, 0.25) is 0 Å². The maximum atomic E-state index is 13.1. The van der Waals surface area contributed by atoms with E-state index in [1.807, 2.05) is 56.3 Å². The van der Waals surface area contributed by atoms with Gasteiger partial charge in [-0.2, -0.15) is 0 Å². The third-order valence-corrected chi connectivity index (χ3v) is 6.37. The lowest BCUT2D eigenvalue weighted by Gasteiger charge is -2.26. The summed E-state index contributed by atoms with van der Waals surface area (Å²) in [6, 6.07) is 15.3. The predicted octanol–water partition coefficient (Wildman–Crippen LogP) is 3.57. The molecule has 0 bridgehead atoms. The Bertz CT molecular complexity index is 1030. The maximum absolute atomic E-state index is 13.1. The zero-order chi connectivity index (χ0) is 20.5. The Morgan fingerprint density at radius 3 is 2.66 bits per heavy atom. The highest BCUT2D eigenvalue weighted by atomic mass is 32.2. The fourth-order valence-corrected chi connectivity index (χ4v) is 4.84. The summed E-state index contributed by atoms with van der Waals surface area (Å²) in [5.41, 5.74) is 3.54. The molecule has 2 amide bonds. The Balaban J connectivity index is 1.56. The van der Waals surface area contributed by atoms with Crippen LogP contribution in [0.4, 0.5) is 5.69 Å². The van der Waals surface area contributed by atoms with Gasteiger partial charge in [-0.25, -0.2) is 0 Å². The van der Waals surface area contributed by atoms with Gasteiger partial charge in [0.25, 0.3) is 0 Å². The number of thioether (sulfide) groups is 1. The number of para-hydroxylation sites is 1. The molecule has 2 aliphatic rings. The highest BCUT2D eigenvalue weighted by Gasteiger charge is 2.35. The van der Waals surface area contributed by atoms with Crippen LogP contribution < -0.4 is 4.90 Å². The van der Waals surface area contributed by atoms with Gasteiger partial charge in [-0.15, -0.1) is 0 Å². The molecule has 2 aromatic carbocycles. The molecule has 2 aliphatic heterocycles. The van der Waals surface area contributed by atoms with E-state index in [-0.39, 0.29) is 35.9 Å². The highest BCUT2D eigenvalue weighted by molar-refractivity contribution is 8.04. The number of hydrogen-bond donors (Lipinski definition) is 0. The average molecular weight is 407 g/mol. The van der Waals surface area contributed by atoms with Gasteiger partial charge >= 0.3 is 0 Å². The lowest BCUT2D eigenvalue weighted by molar-refractivity contribution is -0.130. The van der Waals surface area contributed by atoms with Crippen molar-refractivity contribution in [2.24, 2.45) is 0 Å². The first kappa shape index (κ1) is 19.5. The number of allylic oxidation sites excluding steroid dienone is 1.